The van der Waals surface area contributed by atoms with E-state index in [-0.39, 0.29) is 30.7 Å². The van der Waals surface area contributed by atoms with Gasteiger partial charge in [0, 0.05) is 37.7 Å². The Labute approximate surface area is 236 Å². The summed E-state index contributed by atoms with van der Waals surface area (Å²) in [6.45, 7) is 1.96. The molecule has 0 bridgehead atoms. The van der Waals surface area contributed by atoms with Crippen molar-refractivity contribution in [1.82, 2.24) is 9.21 Å². The van der Waals surface area contributed by atoms with E-state index in [4.69, 9.17) is 21.1 Å². The van der Waals surface area contributed by atoms with E-state index in [0.29, 0.717) is 30.2 Å². The third-order valence-electron chi connectivity index (χ3n) is 6.64. The molecule has 40 heavy (non-hydrogen) atoms. The van der Waals surface area contributed by atoms with Gasteiger partial charge in [0.25, 0.3) is 0 Å². The SMILES string of the molecule is COC(=O)c1ccc(COC(CN2CCN(S(=O)(=O)c3ccc(C(F)(F)F)cc3)CC2)c2ccc(Cl)cc2)cc1. The van der Waals surface area contributed by atoms with Gasteiger partial charge in [0.15, 0.2) is 0 Å². The highest BCUT2D eigenvalue weighted by Crippen LogP contribution is 2.30. The number of alkyl halides is 3. The van der Waals surface area contributed by atoms with Gasteiger partial charge in [-0.15, -0.1) is 0 Å². The van der Waals surface area contributed by atoms with Crippen molar-refractivity contribution in [3.63, 3.8) is 0 Å². The van der Waals surface area contributed by atoms with Crippen LogP contribution in [-0.2, 0) is 32.3 Å². The largest absolute Gasteiger partial charge is 0.465 e. The topological polar surface area (TPSA) is 76.2 Å². The highest BCUT2D eigenvalue weighted by atomic mass is 35.5. The van der Waals surface area contributed by atoms with E-state index in [9.17, 15) is 26.4 Å². The van der Waals surface area contributed by atoms with E-state index in [1.54, 1.807) is 36.4 Å². The fourth-order valence-electron chi connectivity index (χ4n) is 4.34. The molecule has 0 spiro atoms. The minimum atomic E-state index is -4.54. The number of hydrogen-bond donors (Lipinski definition) is 0. The van der Waals surface area contributed by atoms with Gasteiger partial charge in [0.05, 0.1) is 35.8 Å². The van der Waals surface area contributed by atoms with Crippen LogP contribution in [0.15, 0.2) is 77.7 Å². The van der Waals surface area contributed by atoms with Gasteiger partial charge in [-0.05, 0) is 59.7 Å². The summed E-state index contributed by atoms with van der Waals surface area (Å²) < 4.78 is 77.0. The Morgan fingerprint density at radius 2 is 1.52 bits per heavy atom. The number of halogens is 4. The molecule has 3 aromatic carbocycles. The molecule has 3 aromatic rings. The zero-order chi connectivity index (χ0) is 28.9. The summed E-state index contributed by atoms with van der Waals surface area (Å²) in [5, 5.41) is 0.586. The fourth-order valence-corrected chi connectivity index (χ4v) is 5.88. The molecule has 12 heteroatoms. The van der Waals surface area contributed by atoms with Crippen LogP contribution in [0, 0.1) is 0 Å². The number of esters is 1. The highest BCUT2D eigenvalue weighted by molar-refractivity contribution is 7.89. The minimum Gasteiger partial charge on any atom is -0.465 e. The van der Waals surface area contributed by atoms with E-state index in [2.05, 4.69) is 4.90 Å². The number of carbonyl (C=O) groups excluding carboxylic acids is 1. The molecule has 4 rings (SSSR count). The lowest BCUT2D eigenvalue weighted by atomic mass is 10.1. The number of ether oxygens (including phenoxy) is 2. The zero-order valence-corrected chi connectivity index (χ0v) is 23.2. The molecule has 1 fully saturated rings. The van der Waals surface area contributed by atoms with E-state index < -0.39 is 27.7 Å². The lowest BCUT2D eigenvalue weighted by molar-refractivity contribution is -0.137. The Bertz CT molecular complexity index is 1390. The van der Waals surface area contributed by atoms with Crippen LogP contribution in [-0.4, -0.2) is 63.4 Å². The number of benzene rings is 3. The summed E-state index contributed by atoms with van der Waals surface area (Å²) in [7, 11) is -2.61. The van der Waals surface area contributed by atoms with Crippen molar-refractivity contribution in [3.8, 4) is 0 Å². The molecular formula is C28H28ClF3N2O5S. The molecule has 0 radical (unpaired) electrons. The summed E-state index contributed by atoms with van der Waals surface area (Å²) in [4.78, 5) is 13.6. The van der Waals surface area contributed by atoms with Crippen LogP contribution >= 0.6 is 11.6 Å². The van der Waals surface area contributed by atoms with Crippen LogP contribution in [0.5, 0.6) is 0 Å². The second-order valence-electron chi connectivity index (χ2n) is 9.27. The molecular weight excluding hydrogens is 569 g/mol. The van der Waals surface area contributed by atoms with Gasteiger partial charge in [-0.3, -0.25) is 4.90 Å². The van der Waals surface area contributed by atoms with E-state index >= 15 is 0 Å². The van der Waals surface area contributed by atoms with Gasteiger partial charge in [0.1, 0.15) is 0 Å². The molecule has 1 aliphatic heterocycles. The number of rotatable bonds is 9. The first-order valence-corrected chi connectivity index (χ1v) is 14.2. The Balaban J connectivity index is 1.40. The van der Waals surface area contributed by atoms with Crippen molar-refractivity contribution in [2.75, 3.05) is 39.8 Å². The van der Waals surface area contributed by atoms with Crippen LogP contribution in [0.25, 0.3) is 0 Å². The lowest BCUT2D eigenvalue weighted by Crippen LogP contribution is -2.49. The van der Waals surface area contributed by atoms with E-state index in [1.165, 1.54) is 11.4 Å². The van der Waals surface area contributed by atoms with Crippen molar-refractivity contribution in [3.05, 3.63) is 100 Å². The predicted molar refractivity (Wildman–Crippen MR) is 143 cm³/mol. The fraction of sp³-hybridized carbons (Fsp3) is 0.321. The van der Waals surface area contributed by atoms with Gasteiger partial charge in [-0.2, -0.15) is 17.5 Å². The molecule has 0 N–H and O–H groups in total. The summed E-state index contributed by atoms with van der Waals surface area (Å²) in [5.74, 6) is -0.425. The van der Waals surface area contributed by atoms with E-state index in [0.717, 1.165) is 35.4 Å². The third kappa shape index (κ3) is 7.41. The molecule has 1 heterocycles. The Morgan fingerprint density at radius 3 is 2.08 bits per heavy atom. The van der Waals surface area contributed by atoms with E-state index in [1.807, 2.05) is 12.1 Å². The second kappa shape index (κ2) is 12.7. The van der Waals surface area contributed by atoms with Crippen molar-refractivity contribution < 1.29 is 35.9 Å². The zero-order valence-electron chi connectivity index (χ0n) is 21.6. The molecule has 214 valence electrons. The second-order valence-corrected chi connectivity index (χ2v) is 11.6. The molecule has 1 saturated heterocycles. The molecule has 0 saturated carbocycles. The van der Waals surface area contributed by atoms with Crippen LogP contribution in [0.3, 0.4) is 0 Å². The summed E-state index contributed by atoms with van der Waals surface area (Å²) in [6, 6.07) is 17.7. The molecule has 7 nitrogen and oxygen atoms in total. The number of hydrogen-bond acceptors (Lipinski definition) is 6. The monoisotopic (exact) mass is 596 g/mol. The third-order valence-corrected chi connectivity index (χ3v) is 8.81. The smallest absolute Gasteiger partial charge is 0.416 e. The van der Waals surface area contributed by atoms with Crippen LogP contribution < -0.4 is 0 Å². The standard InChI is InChI=1S/C28H28ClF3N2O5S/c1-38-27(35)22-4-2-20(3-5-22)19-39-26(21-6-10-24(29)11-7-21)18-33-14-16-34(17-15-33)40(36,37)25-12-8-23(9-13-25)28(30,31)32/h2-13,26H,14-19H2,1H3. The Morgan fingerprint density at radius 1 is 0.925 bits per heavy atom. The minimum absolute atomic E-state index is 0.172. The summed E-state index contributed by atoms with van der Waals surface area (Å²) in [5.41, 5.74) is 1.29. The average molecular weight is 597 g/mol. The molecule has 1 unspecified atom stereocenters. The van der Waals surface area contributed by atoms with Crippen molar-refractivity contribution in [2.24, 2.45) is 0 Å². The highest BCUT2D eigenvalue weighted by Gasteiger charge is 2.33. The van der Waals surface area contributed by atoms with Gasteiger partial charge in [0.2, 0.25) is 10.0 Å². The number of carbonyl (C=O) groups is 1. The summed E-state index contributed by atoms with van der Waals surface area (Å²) in [6.07, 6.45) is -4.89. The number of piperazine rings is 1. The lowest BCUT2D eigenvalue weighted by Gasteiger charge is -2.36. The first-order chi connectivity index (χ1) is 19.0. The Hall–Kier alpha value is -2.96. The number of nitrogens with zero attached hydrogens (tertiary/aromatic N) is 2. The van der Waals surface area contributed by atoms with Crippen LogP contribution in [0.1, 0.15) is 33.2 Å². The number of methoxy groups -OCH3 is 1. The summed E-state index contributed by atoms with van der Waals surface area (Å²) >= 11 is 6.07. The van der Waals surface area contributed by atoms with Gasteiger partial charge in [-0.25, -0.2) is 13.2 Å². The molecule has 0 aromatic heterocycles. The molecule has 1 aliphatic rings. The quantitative estimate of drug-likeness (QED) is 0.308. The maximum Gasteiger partial charge on any atom is 0.416 e. The maximum absolute atomic E-state index is 13.0. The first kappa shape index (κ1) is 30.0. The predicted octanol–water partition coefficient (Wildman–Crippen LogP) is 5.41. The Kier molecular flexibility index (Phi) is 9.52. The average Bonchev–Trinajstić information content (AvgIpc) is 2.95. The van der Waals surface area contributed by atoms with Crippen LogP contribution in [0.2, 0.25) is 5.02 Å². The maximum atomic E-state index is 13.0. The van der Waals surface area contributed by atoms with Gasteiger partial charge in [-0.1, -0.05) is 35.9 Å². The number of sulfonamides is 1. The van der Waals surface area contributed by atoms with Crippen molar-refractivity contribution >= 4 is 27.6 Å². The van der Waals surface area contributed by atoms with Crippen molar-refractivity contribution in [2.45, 2.75) is 23.8 Å². The van der Waals surface area contributed by atoms with Crippen molar-refractivity contribution in [1.29, 1.82) is 0 Å². The molecule has 1 atom stereocenters. The molecule has 0 aliphatic carbocycles. The normalized spacial score (nSPS) is 16.0. The first-order valence-electron chi connectivity index (χ1n) is 12.4. The van der Waals surface area contributed by atoms with Crippen LogP contribution in [0.4, 0.5) is 13.2 Å². The van der Waals surface area contributed by atoms with Gasteiger partial charge >= 0.3 is 12.1 Å². The molecule has 0 amide bonds. The van der Waals surface area contributed by atoms with Gasteiger partial charge < -0.3 is 9.47 Å².